The van der Waals surface area contributed by atoms with Gasteiger partial charge in [0.05, 0.1) is 11.7 Å². The maximum absolute atomic E-state index is 4.23. The predicted octanol–water partition coefficient (Wildman–Crippen LogP) is 1.73. The number of hydrogen-bond donors (Lipinski definition) is 0. The Balaban J connectivity index is 2.92. The number of rotatable bonds is 0. The highest BCUT2D eigenvalue weighted by Gasteiger charge is 2.02. The van der Waals surface area contributed by atoms with Gasteiger partial charge in [-0.1, -0.05) is 0 Å². The van der Waals surface area contributed by atoms with Crippen LogP contribution in [-0.4, -0.2) is 14.5 Å². The van der Waals surface area contributed by atoms with E-state index in [0.29, 0.717) is 0 Å². The number of hydrogen-bond acceptors (Lipinski definition) is 2. The molecule has 2 aromatic heterocycles. The summed E-state index contributed by atoms with van der Waals surface area (Å²) in [6.45, 7) is 0. The fourth-order valence-electron chi connectivity index (χ4n) is 1.02. The van der Waals surface area contributed by atoms with Crippen molar-refractivity contribution in [3.05, 3.63) is 23.2 Å². The third-order valence-electron chi connectivity index (χ3n) is 1.63. The van der Waals surface area contributed by atoms with Crippen LogP contribution in [0.1, 0.15) is 0 Å². The molecule has 0 spiro atoms. The van der Waals surface area contributed by atoms with Gasteiger partial charge in [0.1, 0.15) is 5.52 Å². The Hall–Kier alpha value is -0.900. The summed E-state index contributed by atoms with van der Waals surface area (Å²) < 4.78 is 2.80. The third-order valence-corrected chi connectivity index (χ3v) is 2.34. The maximum atomic E-state index is 4.23. The second-order valence-corrected chi connectivity index (χ2v) is 3.01. The lowest BCUT2D eigenvalue weighted by atomic mass is 10.4. The molecule has 11 heavy (non-hydrogen) atoms. The monoisotopic (exact) mass is 211 g/mol. The highest BCUT2D eigenvalue weighted by molar-refractivity contribution is 9.10. The Kier molecular flexibility index (Phi) is 1.42. The number of halogens is 1. The average molecular weight is 212 g/mol. The molecule has 0 amide bonds. The molecule has 2 aromatic rings. The van der Waals surface area contributed by atoms with Crippen molar-refractivity contribution in [2.45, 2.75) is 0 Å². The average Bonchev–Trinajstić information content (AvgIpc) is 2.30. The number of aryl methyl sites for hydroxylation is 1. The van der Waals surface area contributed by atoms with Gasteiger partial charge in [0.2, 0.25) is 0 Å². The molecular weight excluding hydrogens is 206 g/mol. The predicted molar refractivity (Wildman–Crippen MR) is 46.2 cm³/mol. The summed E-state index contributed by atoms with van der Waals surface area (Å²) >= 11 is 3.33. The molecule has 0 saturated carbocycles. The van der Waals surface area contributed by atoms with Crippen LogP contribution < -0.4 is 0 Å². The second-order valence-electron chi connectivity index (χ2n) is 2.30. The van der Waals surface area contributed by atoms with Crippen LogP contribution in [0.5, 0.6) is 0 Å². The van der Waals surface area contributed by atoms with Crippen LogP contribution in [0, 0.1) is 0 Å². The summed E-state index contributed by atoms with van der Waals surface area (Å²) in [5.41, 5.74) is 2.01. The van der Waals surface area contributed by atoms with Crippen molar-refractivity contribution in [1.82, 2.24) is 14.5 Å². The molecule has 3 nitrogen and oxygen atoms in total. The minimum Gasteiger partial charge on any atom is -0.322 e. The Bertz CT molecular complexity index is 393. The Morgan fingerprint density at radius 3 is 3.09 bits per heavy atom. The van der Waals surface area contributed by atoms with Crippen molar-refractivity contribution in [3.8, 4) is 0 Å². The zero-order valence-corrected chi connectivity index (χ0v) is 7.54. The standard InChI is InChI=1S/C7H6BrN3/c1-11-6-2-3-9-4-5(6)10-7(11)8/h2-4H,1H3. The van der Waals surface area contributed by atoms with Crippen molar-refractivity contribution < 1.29 is 0 Å². The summed E-state index contributed by atoms with van der Waals surface area (Å²) in [6.07, 6.45) is 3.51. The highest BCUT2D eigenvalue weighted by Crippen LogP contribution is 2.16. The molecule has 0 N–H and O–H groups in total. The summed E-state index contributed by atoms with van der Waals surface area (Å²) in [7, 11) is 1.96. The molecule has 2 heterocycles. The lowest BCUT2D eigenvalue weighted by Crippen LogP contribution is -1.86. The molecule has 0 atom stereocenters. The highest BCUT2D eigenvalue weighted by atomic mass is 79.9. The zero-order chi connectivity index (χ0) is 7.84. The van der Waals surface area contributed by atoms with E-state index in [1.807, 2.05) is 17.7 Å². The molecule has 0 radical (unpaired) electrons. The van der Waals surface area contributed by atoms with E-state index in [1.165, 1.54) is 0 Å². The van der Waals surface area contributed by atoms with Crippen molar-refractivity contribution in [2.75, 3.05) is 0 Å². The Labute approximate surface area is 72.2 Å². The molecule has 0 aromatic carbocycles. The van der Waals surface area contributed by atoms with Crippen molar-refractivity contribution >= 4 is 27.0 Å². The van der Waals surface area contributed by atoms with Crippen LogP contribution >= 0.6 is 15.9 Å². The third kappa shape index (κ3) is 0.939. The van der Waals surface area contributed by atoms with E-state index in [4.69, 9.17) is 0 Å². The normalized spacial score (nSPS) is 10.7. The van der Waals surface area contributed by atoms with Gasteiger partial charge in [-0.05, 0) is 22.0 Å². The summed E-state index contributed by atoms with van der Waals surface area (Å²) in [4.78, 5) is 8.20. The van der Waals surface area contributed by atoms with Gasteiger partial charge in [0, 0.05) is 13.2 Å². The van der Waals surface area contributed by atoms with E-state index in [2.05, 4.69) is 25.9 Å². The number of aromatic nitrogens is 3. The van der Waals surface area contributed by atoms with Gasteiger partial charge in [-0.2, -0.15) is 0 Å². The quantitative estimate of drug-likeness (QED) is 0.665. The molecule has 0 fully saturated rings. The molecule has 0 saturated heterocycles. The smallest absolute Gasteiger partial charge is 0.177 e. The van der Waals surface area contributed by atoms with Crippen LogP contribution in [0.15, 0.2) is 23.2 Å². The molecule has 2 rings (SSSR count). The molecule has 4 heteroatoms. The van der Waals surface area contributed by atoms with Crippen molar-refractivity contribution in [1.29, 1.82) is 0 Å². The first-order valence-electron chi connectivity index (χ1n) is 3.21. The number of nitrogens with zero attached hydrogens (tertiary/aromatic N) is 3. The first-order valence-corrected chi connectivity index (χ1v) is 4.00. The van der Waals surface area contributed by atoms with Crippen molar-refractivity contribution in [2.24, 2.45) is 7.05 Å². The lowest BCUT2D eigenvalue weighted by Gasteiger charge is -1.92. The SMILES string of the molecule is Cn1c(Br)nc2cnccc21. The molecular formula is C7H6BrN3. The molecule has 0 unspecified atom stereocenters. The molecule has 0 aliphatic carbocycles. The fourth-order valence-corrected chi connectivity index (χ4v) is 1.40. The maximum Gasteiger partial charge on any atom is 0.177 e. The van der Waals surface area contributed by atoms with Crippen LogP contribution in [0.25, 0.3) is 11.0 Å². The van der Waals surface area contributed by atoms with Gasteiger partial charge >= 0.3 is 0 Å². The Morgan fingerprint density at radius 2 is 2.36 bits per heavy atom. The Morgan fingerprint density at radius 1 is 1.55 bits per heavy atom. The zero-order valence-electron chi connectivity index (χ0n) is 5.95. The van der Waals surface area contributed by atoms with Gasteiger partial charge in [-0.25, -0.2) is 4.98 Å². The number of fused-ring (bicyclic) bond motifs is 1. The second kappa shape index (κ2) is 2.30. The minimum absolute atomic E-state index is 0.834. The molecule has 0 aliphatic heterocycles. The molecule has 0 bridgehead atoms. The number of imidazole rings is 1. The van der Waals surface area contributed by atoms with Gasteiger partial charge in [0.25, 0.3) is 0 Å². The van der Waals surface area contributed by atoms with Gasteiger partial charge < -0.3 is 4.57 Å². The van der Waals surface area contributed by atoms with Crippen LogP contribution in [-0.2, 0) is 7.05 Å². The van der Waals surface area contributed by atoms with E-state index < -0.39 is 0 Å². The van der Waals surface area contributed by atoms with Crippen molar-refractivity contribution in [3.63, 3.8) is 0 Å². The molecule has 0 aliphatic rings. The summed E-state index contributed by atoms with van der Waals surface area (Å²) in [6, 6.07) is 1.94. The lowest BCUT2D eigenvalue weighted by molar-refractivity contribution is 0.912. The van der Waals surface area contributed by atoms with E-state index in [-0.39, 0.29) is 0 Å². The van der Waals surface area contributed by atoms with E-state index >= 15 is 0 Å². The first kappa shape index (κ1) is 6.79. The van der Waals surface area contributed by atoms with Crippen LogP contribution in [0.3, 0.4) is 0 Å². The van der Waals surface area contributed by atoms with E-state index in [1.54, 1.807) is 12.4 Å². The molecule has 56 valence electrons. The first-order chi connectivity index (χ1) is 5.29. The van der Waals surface area contributed by atoms with E-state index in [0.717, 1.165) is 15.8 Å². The van der Waals surface area contributed by atoms with Gasteiger partial charge in [-0.3, -0.25) is 4.98 Å². The number of pyridine rings is 1. The largest absolute Gasteiger partial charge is 0.322 e. The van der Waals surface area contributed by atoms with Crippen LogP contribution in [0.2, 0.25) is 0 Å². The topological polar surface area (TPSA) is 30.7 Å². The fraction of sp³-hybridized carbons (Fsp3) is 0.143. The van der Waals surface area contributed by atoms with Crippen LogP contribution in [0.4, 0.5) is 0 Å². The minimum atomic E-state index is 0.834. The van der Waals surface area contributed by atoms with Gasteiger partial charge in [-0.15, -0.1) is 0 Å². The van der Waals surface area contributed by atoms with Gasteiger partial charge in [0.15, 0.2) is 4.73 Å². The van der Waals surface area contributed by atoms with E-state index in [9.17, 15) is 0 Å². The summed E-state index contributed by atoms with van der Waals surface area (Å²) in [5, 5.41) is 0. The summed E-state index contributed by atoms with van der Waals surface area (Å²) in [5.74, 6) is 0.